The molecule has 38 heavy (non-hydrogen) atoms. The van der Waals surface area contributed by atoms with Crippen LogP contribution in [0.25, 0.3) is 0 Å². The lowest BCUT2D eigenvalue weighted by Crippen LogP contribution is -2.79. The fourth-order valence-corrected chi connectivity index (χ4v) is 6.25. The van der Waals surface area contributed by atoms with Crippen LogP contribution in [0.3, 0.4) is 0 Å². The van der Waals surface area contributed by atoms with Gasteiger partial charge in [0.05, 0.1) is 42.4 Å². The zero-order chi connectivity index (χ0) is 27.0. The van der Waals surface area contributed by atoms with E-state index >= 15 is 0 Å². The standard InChI is InChI=1S/C25H35N5O7S/c1-12-9-15(30-16(31)10-14-11-38-24(29-14)28-13-7-5-4-6-8-13)25(34)23(35-12)36-22-20(33)17(26-2)19(32)18(27-3)21(22)37-25/h4-8,11-12,15,17-23,26-27,32-34H,9-10H2,1-3H3,(H,28,29)(H,30,31)/t12-,15-,17-,18+,19+,20+,21?,22?,23?,25+/m1/s1. The maximum absolute atomic E-state index is 13.0. The zero-order valence-electron chi connectivity index (χ0n) is 21.4. The number of para-hydroxylation sites is 1. The molecule has 0 radical (unpaired) electrons. The highest BCUT2D eigenvalue weighted by molar-refractivity contribution is 7.13. The van der Waals surface area contributed by atoms with Crippen LogP contribution >= 0.6 is 11.3 Å². The Balaban J connectivity index is 1.29. The molecule has 1 saturated carbocycles. The van der Waals surface area contributed by atoms with Crippen LogP contribution in [0, 0.1) is 0 Å². The van der Waals surface area contributed by atoms with Crippen molar-refractivity contribution in [2.75, 3.05) is 19.4 Å². The summed E-state index contributed by atoms with van der Waals surface area (Å²) in [5.74, 6) is -2.38. The molecular formula is C25H35N5O7S. The molecule has 2 saturated heterocycles. The summed E-state index contributed by atoms with van der Waals surface area (Å²) >= 11 is 1.39. The van der Waals surface area contributed by atoms with Crippen molar-refractivity contribution >= 4 is 28.1 Å². The van der Waals surface area contributed by atoms with E-state index in [0.29, 0.717) is 10.8 Å². The Morgan fingerprint density at radius 2 is 1.84 bits per heavy atom. The SMILES string of the molecule is CN[C@@H]1[C@H](O)[C@H](NC)C2O[C@]3(O)C(OC2[C@H]1O)O[C@H](C)C[C@H]3NC(=O)Cc1csc(Nc2ccccc2)n1. The van der Waals surface area contributed by atoms with E-state index in [1.807, 2.05) is 37.3 Å². The number of thiazole rings is 1. The first-order valence-electron chi connectivity index (χ1n) is 12.7. The Morgan fingerprint density at radius 1 is 1.11 bits per heavy atom. The molecule has 5 rings (SSSR count). The molecule has 0 spiro atoms. The Kier molecular flexibility index (Phi) is 8.01. The van der Waals surface area contributed by atoms with Crippen molar-refractivity contribution in [2.24, 2.45) is 0 Å². The number of amides is 1. The third kappa shape index (κ3) is 5.18. The van der Waals surface area contributed by atoms with Gasteiger partial charge >= 0.3 is 0 Å². The number of carbonyl (C=O) groups excluding carboxylic acids is 1. The summed E-state index contributed by atoms with van der Waals surface area (Å²) in [4.78, 5) is 17.5. The number of carbonyl (C=O) groups is 1. The fourth-order valence-electron chi connectivity index (χ4n) is 5.52. The van der Waals surface area contributed by atoms with Gasteiger partial charge in [0.1, 0.15) is 18.3 Å². The summed E-state index contributed by atoms with van der Waals surface area (Å²) in [7, 11) is 3.29. The summed E-state index contributed by atoms with van der Waals surface area (Å²) < 4.78 is 18.1. The molecule has 3 fully saturated rings. The number of aromatic nitrogens is 1. The van der Waals surface area contributed by atoms with Gasteiger partial charge in [0.2, 0.25) is 18.0 Å². The molecule has 7 N–H and O–H groups in total. The van der Waals surface area contributed by atoms with Crippen molar-refractivity contribution in [2.45, 2.75) is 80.5 Å². The smallest absolute Gasteiger partial charge is 0.239 e. The van der Waals surface area contributed by atoms with Crippen molar-refractivity contribution in [1.82, 2.24) is 20.9 Å². The Bertz CT molecular complexity index is 1110. The van der Waals surface area contributed by atoms with E-state index in [1.165, 1.54) is 11.3 Å². The Morgan fingerprint density at radius 3 is 2.55 bits per heavy atom. The highest BCUT2D eigenvalue weighted by Gasteiger charge is 2.63. The van der Waals surface area contributed by atoms with Gasteiger partial charge in [-0.05, 0) is 39.6 Å². The summed E-state index contributed by atoms with van der Waals surface area (Å²) in [5.41, 5.74) is 1.48. The molecule has 3 unspecified atom stereocenters. The number of aliphatic hydroxyl groups is 3. The molecular weight excluding hydrogens is 514 g/mol. The summed E-state index contributed by atoms with van der Waals surface area (Å²) in [5, 5.41) is 47.9. The number of aliphatic hydroxyl groups excluding tert-OH is 2. The monoisotopic (exact) mass is 549 g/mol. The molecule has 0 bridgehead atoms. The van der Waals surface area contributed by atoms with Gasteiger partial charge in [-0.3, -0.25) is 4.79 Å². The van der Waals surface area contributed by atoms with Gasteiger partial charge in [-0.2, -0.15) is 0 Å². The normalized spacial score (nSPS) is 38.6. The number of anilines is 2. The molecule has 1 aromatic carbocycles. The molecule has 1 aromatic heterocycles. The molecule has 1 aliphatic carbocycles. The van der Waals surface area contributed by atoms with Gasteiger partial charge in [0.25, 0.3) is 0 Å². The lowest BCUT2D eigenvalue weighted by atomic mass is 9.79. The number of nitrogens with one attached hydrogen (secondary N) is 4. The first-order chi connectivity index (χ1) is 18.2. The summed E-state index contributed by atoms with van der Waals surface area (Å²) in [6.45, 7) is 1.81. The quantitative estimate of drug-likeness (QED) is 0.236. The van der Waals surface area contributed by atoms with Gasteiger partial charge in [0, 0.05) is 11.1 Å². The third-order valence-corrected chi connectivity index (χ3v) is 8.21. The summed E-state index contributed by atoms with van der Waals surface area (Å²) in [6.07, 6.45) is -5.27. The van der Waals surface area contributed by atoms with Crippen molar-refractivity contribution in [1.29, 1.82) is 0 Å². The van der Waals surface area contributed by atoms with Crippen LogP contribution in [0.2, 0.25) is 0 Å². The molecule has 2 aromatic rings. The average Bonchev–Trinajstić information content (AvgIpc) is 3.31. The maximum atomic E-state index is 13.0. The number of benzene rings is 1. The van der Waals surface area contributed by atoms with E-state index < -0.39 is 54.6 Å². The lowest BCUT2D eigenvalue weighted by Gasteiger charge is -2.58. The minimum absolute atomic E-state index is 0.00673. The number of ether oxygens (including phenoxy) is 3. The van der Waals surface area contributed by atoms with Crippen LogP contribution in [0.1, 0.15) is 19.0 Å². The van der Waals surface area contributed by atoms with Crippen molar-refractivity contribution in [3.8, 4) is 0 Å². The largest absolute Gasteiger partial charge is 0.390 e. The van der Waals surface area contributed by atoms with Gasteiger partial charge in [-0.15, -0.1) is 11.3 Å². The van der Waals surface area contributed by atoms with E-state index in [4.69, 9.17) is 14.2 Å². The number of hydrogen-bond donors (Lipinski definition) is 7. The summed E-state index contributed by atoms with van der Waals surface area (Å²) in [6, 6.07) is 7.42. The van der Waals surface area contributed by atoms with Crippen LogP contribution < -0.4 is 21.3 Å². The van der Waals surface area contributed by atoms with Crippen LogP contribution in [-0.4, -0.2) is 101 Å². The highest BCUT2D eigenvalue weighted by Crippen LogP contribution is 2.42. The molecule has 208 valence electrons. The number of hydrogen-bond acceptors (Lipinski definition) is 12. The molecule has 2 aliphatic heterocycles. The molecule has 1 amide bonds. The number of rotatable bonds is 7. The Labute approximate surface area is 224 Å². The minimum atomic E-state index is -2.04. The minimum Gasteiger partial charge on any atom is -0.390 e. The second kappa shape index (κ2) is 11.1. The van der Waals surface area contributed by atoms with Gasteiger partial charge in [-0.1, -0.05) is 18.2 Å². The van der Waals surface area contributed by atoms with Gasteiger partial charge < -0.3 is 50.8 Å². The lowest BCUT2D eigenvalue weighted by molar-refractivity contribution is -0.449. The van der Waals surface area contributed by atoms with E-state index in [0.717, 1.165) is 5.69 Å². The van der Waals surface area contributed by atoms with Crippen LogP contribution in [0.15, 0.2) is 35.7 Å². The van der Waals surface area contributed by atoms with Gasteiger partial charge in [-0.25, -0.2) is 4.98 Å². The van der Waals surface area contributed by atoms with Crippen LogP contribution in [-0.2, 0) is 25.4 Å². The van der Waals surface area contributed by atoms with Crippen molar-refractivity contribution in [3.63, 3.8) is 0 Å². The highest BCUT2D eigenvalue weighted by atomic mass is 32.1. The van der Waals surface area contributed by atoms with Gasteiger partial charge in [0.15, 0.2) is 5.13 Å². The first-order valence-corrected chi connectivity index (χ1v) is 13.6. The number of likely N-dealkylation sites (N-methyl/N-ethyl adjacent to an activating group) is 2. The third-order valence-electron chi connectivity index (χ3n) is 7.40. The predicted octanol–water partition coefficient (Wildman–Crippen LogP) is -0.567. The van der Waals surface area contributed by atoms with E-state index in [1.54, 1.807) is 19.5 Å². The fraction of sp³-hybridized carbons (Fsp3) is 0.600. The van der Waals surface area contributed by atoms with Crippen molar-refractivity contribution in [3.05, 3.63) is 41.4 Å². The average molecular weight is 550 g/mol. The topological polar surface area (TPSA) is 166 Å². The van der Waals surface area contributed by atoms with E-state index in [2.05, 4.69) is 26.3 Å². The molecule has 12 nitrogen and oxygen atoms in total. The number of fused-ring (bicyclic) bond motifs is 2. The Hall–Kier alpha value is -2.20. The zero-order valence-corrected chi connectivity index (χ0v) is 22.2. The van der Waals surface area contributed by atoms with E-state index in [-0.39, 0.29) is 24.9 Å². The van der Waals surface area contributed by atoms with E-state index in [9.17, 15) is 20.1 Å². The maximum Gasteiger partial charge on any atom is 0.239 e. The molecule has 10 atom stereocenters. The number of nitrogens with zero attached hydrogens (tertiary/aromatic N) is 1. The molecule has 3 aliphatic rings. The molecule has 13 heteroatoms. The second-order valence-electron chi connectivity index (χ2n) is 9.99. The first kappa shape index (κ1) is 27.4. The predicted molar refractivity (Wildman–Crippen MR) is 139 cm³/mol. The second-order valence-corrected chi connectivity index (χ2v) is 10.8. The molecule has 3 heterocycles. The van der Waals surface area contributed by atoms with Crippen molar-refractivity contribution < 1.29 is 34.3 Å². The van der Waals surface area contributed by atoms with Crippen LogP contribution in [0.4, 0.5) is 10.8 Å². The van der Waals surface area contributed by atoms with Crippen LogP contribution in [0.5, 0.6) is 0 Å².